The van der Waals surface area contributed by atoms with Gasteiger partial charge in [-0.25, -0.2) is 9.97 Å². The molecule has 0 atom stereocenters. The molecule has 0 unspecified atom stereocenters. The fourth-order valence-corrected chi connectivity index (χ4v) is 2.12. The van der Waals surface area contributed by atoms with E-state index in [4.69, 9.17) is 16.3 Å². The van der Waals surface area contributed by atoms with Crippen LogP contribution >= 0.6 is 11.6 Å². The zero-order valence-electron chi connectivity index (χ0n) is 10.9. The first kappa shape index (κ1) is 12.9. The zero-order valence-corrected chi connectivity index (χ0v) is 11.6. The molecule has 0 fully saturated rings. The monoisotopic (exact) mass is 287 g/mol. The Kier molecular flexibility index (Phi) is 3.83. The van der Waals surface area contributed by atoms with Crippen molar-refractivity contribution in [2.24, 2.45) is 0 Å². The Hall–Kier alpha value is -2.07. The quantitative estimate of drug-likeness (QED) is 0.533. The molecule has 0 N–H and O–H groups in total. The Morgan fingerprint density at radius 3 is 2.80 bits per heavy atom. The third kappa shape index (κ3) is 2.60. The Bertz CT molecular complexity index is 694. The van der Waals surface area contributed by atoms with Crippen LogP contribution in [0.1, 0.15) is 6.42 Å². The van der Waals surface area contributed by atoms with Crippen LogP contribution in [0.2, 0.25) is 0 Å². The standard InChI is InChI=1S/C15H14ClN3O/c16-7-1-10-20-13-5-3-12(4-6-13)14-11-18-15-17-8-2-9-19(14)15/h2-6,8-9,11H,1,7,10H2. The maximum Gasteiger partial charge on any atom is 0.234 e. The molecule has 0 radical (unpaired) electrons. The average molecular weight is 288 g/mol. The highest BCUT2D eigenvalue weighted by Gasteiger charge is 2.06. The van der Waals surface area contributed by atoms with Gasteiger partial charge in [0.15, 0.2) is 0 Å². The molecule has 2 aromatic heterocycles. The highest BCUT2D eigenvalue weighted by molar-refractivity contribution is 6.17. The number of hydrogen-bond donors (Lipinski definition) is 0. The van der Waals surface area contributed by atoms with Crippen molar-refractivity contribution in [3.05, 3.63) is 48.9 Å². The first-order valence-electron chi connectivity index (χ1n) is 6.46. The smallest absolute Gasteiger partial charge is 0.234 e. The van der Waals surface area contributed by atoms with Crippen molar-refractivity contribution in [1.29, 1.82) is 0 Å². The van der Waals surface area contributed by atoms with E-state index in [1.165, 1.54) is 0 Å². The minimum Gasteiger partial charge on any atom is -0.494 e. The molecule has 0 aliphatic rings. The molecule has 102 valence electrons. The number of halogens is 1. The Morgan fingerprint density at radius 2 is 2.00 bits per heavy atom. The van der Waals surface area contributed by atoms with Crippen LogP contribution in [-0.4, -0.2) is 26.9 Å². The highest BCUT2D eigenvalue weighted by Crippen LogP contribution is 2.22. The molecule has 0 aliphatic heterocycles. The zero-order chi connectivity index (χ0) is 13.8. The molecule has 3 aromatic rings. The molecule has 2 heterocycles. The lowest BCUT2D eigenvalue weighted by molar-refractivity contribution is 0.318. The maximum absolute atomic E-state index is 5.62. The second kappa shape index (κ2) is 5.92. The summed E-state index contributed by atoms with van der Waals surface area (Å²) < 4.78 is 7.55. The third-order valence-electron chi connectivity index (χ3n) is 2.99. The van der Waals surface area contributed by atoms with E-state index in [-0.39, 0.29) is 0 Å². The van der Waals surface area contributed by atoms with Gasteiger partial charge >= 0.3 is 0 Å². The van der Waals surface area contributed by atoms with Crippen LogP contribution < -0.4 is 4.74 Å². The molecule has 0 aliphatic carbocycles. The van der Waals surface area contributed by atoms with E-state index in [1.807, 2.05) is 47.1 Å². The SMILES string of the molecule is ClCCCOc1ccc(-c2cnc3ncccn23)cc1. The van der Waals surface area contributed by atoms with Gasteiger partial charge in [0.25, 0.3) is 0 Å². The Balaban J connectivity index is 1.84. The van der Waals surface area contributed by atoms with E-state index in [0.29, 0.717) is 18.3 Å². The van der Waals surface area contributed by atoms with Crippen LogP contribution in [0.3, 0.4) is 0 Å². The van der Waals surface area contributed by atoms with Crippen LogP contribution in [0.15, 0.2) is 48.9 Å². The lowest BCUT2D eigenvalue weighted by Crippen LogP contribution is -1.97. The fraction of sp³-hybridized carbons (Fsp3) is 0.200. The number of fused-ring (bicyclic) bond motifs is 1. The molecule has 0 bridgehead atoms. The summed E-state index contributed by atoms with van der Waals surface area (Å²) in [7, 11) is 0. The van der Waals surface area contributed by atoms with Crippen molar-refractivity contribution in [2.45, 2.75) is 6.42 Å². The maximum atomic E-state index is 5.62. The number of imidazole rings is 1. The number of alkyl halides is 1. The Labute approximate surface area is 122 Å². The minimum absolute atomic E-state index is 0.618. The number of aromatic nitrogens is 3. The average Bonchev–Trinajstić information content (AvgIpc) is 2.92. The Morgan fingerprint density at radius 1 is 1.15 bits per heavy atom. The van der Waals surface area contributed by atoms with Crippen molar-refractivity contribution >= 4 is 17.4 Å². The molecular weight excluding hydrogens is 274 g/mol. The van der Waals surface area contributed by atoms with Gasteiger partial charge in [-0.1, -0.05) is 0 Å². The van der Waals surface area contributed by atoms with Crippen LogP contribution in [-0.2, 0) is 0 Å². The summed E-state index contributed by atoms with van der Waals surface area (Å²) in [6, 6.07) is 9.85. The summed E-state index contributed by atoms with van der Waals surface area (Å²) >= 11 is 5.62. The normalized spacial score (nSPS) is 10.8. The van der Waals surface area contributed by atoms with Gasteiger partial charge in [0.2, 0.25) is 5.78 Å². The third-order valence-corrected chi connectivity index (χ3v) is 3.25. The molecule has 0 saturated heterocycles. The number of benzene rings is 1. The van der Waals surface area contributed by atoms with Gasteiger partial charge in [-0.2, -0.15) is 0 Å². The van der Waals surface area contributed by atoms with Gasteiger partial charge < -0.3 is 4.74 Å². The largest absolute Gasteiger partial charge is 0.494 e. The molecular formula is C15H14ClN3O. The van der Waals surface area contributed by atoms with E-state index in [0.717, 1.165) is 23.4 Å². The predicted molar refractivity (Wildman–Crippen MR) is 79.3 cm³/mol. The van der Waals surface area contributed by atoms with E-state index in [9.17, 15) is 0 Å². The first-order valence-corrected chi connectivity index (χ1v) is 6.99. The summed E-state index contributed by atoms with van der Waals surface area (Å²) in [5.74, 6) is 2.17. The van der Waals surface area contributed by atoms with Crippen LogP contribution in [0, 0.1) is 0 Å². The number of rotatable bonds is 5. The van der Waals surface area contributed by atoms with E-state index in [1.54, 1.807) is 6.20 Å². The van der Waals surface area contributed by atoms with Gasteiger partial charge in [0.05, 0.1) is 18.5 Å². The predicted octanol–water partition coefficient (Wildman–Crippen LogP) is 3.40. The van der Waals surface area contributed by atoms with Gasteiger partial charge in [-0.05, 0) is 36.8 Å². The van der Waals surface area contributed by atoms with Crippen LogP contribution in [0.5, 0.6) is 5.75 Å². The van der Waals surface area contributed by atoms with Gasteiger partial charge in [0, 0.05) is 23.8 Å². The topological polar surface area (TPSA) is 39.4 Å². The number of ether oxygens (including phenoxy) is 1. The van der Waals surface area contributed by atoms with E-state index >= 15 is 0 Å². The van der Waals surface area contributed by atoms with Crippen molar-refractivity contribution in [2.75, 3.05) is 12.5 Å². The molecule has 0 amide bonds. The van der Waals surface area contributed by atoms with Gasteiger partial charge in [-0.15, -0.1) is 11.6 Å². The second-order valence-electron chi connectivity index (χ2n) is 4.35. The van der Waals surface area contributed by atoms with Gasteiger partial charge in [-0.3, -0.25) is 4.40 Å². The number of nitrogens with zero attached hydrogens (tertiary/aromatic N) is 3. The molecule has 0 spiro atoms. The van der Waals surface area contributed by atoms with Crippen molar-refractivity contribution < 1.29 is 4.74 Å². The molecule has 0 saturated carbocycles. The van der Waals surface area contributed by atoms with Crippen LogP contribution in [0.25, 0.3) is 17.0 Å². The first-order chi connectivity index (χ1) is 9.88. The molecule has 4 nitrogen and oxygen atoms in total. The summed E-state index contributed by atoms with van der Waals surface area (Å²) in [4.78, 5) is 8.49. The van der Waals surface area contributed by atoms with Gasteiger partial charge in [0.1, 0.15) is 5.75 Å². The molecule has 20 heavy (non-hydrogen) atoms. The second-order valence-corrected chi connectivity index (χ2v) is 4.73. The summed E-state index contributed by atoms with van der Waals surface area (Å²) in [6.07, 6.45) is 6.36. The summed E-state index contributed by atoms with van der Waals surface area (Å²) in [5, 5.41) is 0. The number of hydrogen-bond acceptors (Lipinski definition) is 3. The fourth-order valence-electron chi connectivity index (χ4n) is 2.01. The van der Waals surface area contributed by atoms with Crippen molar-refractivity contribution in [3.8, 4) is 17.0 Å². The summed E-state index contributed by atoms with van der Waals surface area (Å²) in [6.45, 7) is 0.641. The van der Waals surface area contributed by atoms with E-state index < -0.39 is 0 Å². The van der Waals surface area contributed by atoms with Crippen LogP contribution in [0.4, 0.5) is 0 Å². The van der Waals surface area contributed by atoms with Crippen molar-refractivity contribution in [3.63, 3.8) is 0 Å². The lowest BCUT2D eigenvalue weighted by atomic mass is 10.1. The molecule has 5 heteroatoms. The molecule has 1 aromatic carbocycles. The van der Waals surface area contributed by atoms with E-state index in [2.05, 4.69) is 9.97 Å². The summed E-state index contributed by atoms with van der Waals surface area (Å²) in [5.41, 5.74) is 2.09. The minimum atomic E-state index is 0.618. The van der Waals surface area contributed by atoms with Crippen molar-refractivity contribution in [1.82, 2.24) is 14.4 Å². The molecule has 3 rings (SSSR count). The lowest BCUT2D eigenvalue weighted by Gasteiger charge is -2.06. The highest BCUT2D eigenvalue weighted by atomic mass is 35.5.